The molecule has 0 amide bonds. The third-order valence-corrected chi connectivity index (χ3v) is 20.4. The fourth-order valence-electron chi connectivity index (χ4n) is 4.18. The van der Waals surface area contributed by atoms with E-state index < -0.39 is 18.4 Å². The summed E-state index contributed by atoms with van der Waals surface area (Å²) in [7, 11) is 0. The molecule has 1 atom stereocenters. The average molecular weight is 497 g/mol. The van der Waals surface area contributed by atoms with Gasteiger partial charge in [-0.25, -0.2) is 0 Å². The molecule has 0 heterocycles. The van der Waals surface area contributed by atoms with E-state index in [4.69, 9.17) is 0 Å². The van der Waals surface area contributed by atoms with Gasteiger partial charge in [-0.2, -0.15) is 0 Å². The van der Waals surface area contributed by atoms with E-state index in [1.54, 1.807) is 18.9 Å². The molecule has 0 spiro atoms. The standard InChI is InChI=1S/C14H23O.3C4H9.Sn/c1-11(2)7-6-8-13(5)10-14(15)9-12(3)4;3*1-3-4-2;/h1,8-9,14-15H,6-7,10H2,2-5H3;3*1,3-4H2,2H3;/b11-1?,13-8+;;;;. The Hall–Kier alpha value is -0.0213. The summed E-state index contributed by atoms with van der Waals surface area (Å²) in [5, 5.41) is 10.1. The first kappa shape index (κ1) is 28.0. The number of hydrogen-bond donors (Lipinski definition) is 1. The van der Waals surface area contributed by atoms with E-state index >= 15 is 0 Å². The normalized spacial score (nSPS) is 14.3. The molecular formula is C26H50OSn. The molecule has 0 aliphatic rings. The molecule has 28 heavy (non-hydrogen) atoms. The number of unbranched alkanes of at least 4 members (excludes halogenated alkanes) is 3. The molecule has 0 saturated carbocycles. The summed E-state index contributed by atoms with van der Waals surface area (Å²) in [6.07, 6.45) is 15.4. The van der Waals surface area contributed by atoms with Gasteiger partial charge in [0.25, 0.3) is 0 Å². The maximum atomic E-state index is 10.1. The predicted molar refractivity (Wildman–Crippen MR) is 132 cm³/mol. The number of aliphatic hydroxyl groups excluding tert-OH is 1. The van der Waals surface area contributed by atoms with Crippen LogP contribution in [0.3, 0.4) is 0 Å². The average Bonchev–Trinajstić information content (AvgIpc) is 2.62. The van der Waals surface area contributed by atoms with Crippen molar-refractivity contribution >= 4 is 18.4 Å². The van der Waals surface area contributed by atoms with Crippen LogP contribution in [-0.4, -0.2) is 29.6 Å². The van der Waals surface area contributed by atoms with Crippen molar-refractivity contribution in [2.75, 3.05) is 0 Å². The van der Waals surface area contributed by atoms with Crippen LogP contribution in [0.25, 0.3) is 0 Å². The number of hydrogen-bond acceptors (Lipinski definition) is 1. The molecule has 0 aliphatic heterocycles. The van der Waals surface area contributed by atoms with Gasteiger partial charge in [0.1, 0.15) is 0 Å². The van der Waals surface area contributed by atoms with E-state index in [1.165, 1.54) is 56.1 Å². The maximum absolute atomic E-state index is 10.1. The number of aliphatic hydroxyl groups is 1. The van der Waals surface area contributed by atoms with Crippen LogP contribution in [0, 0.1) is 0 Å². The van der Waals surface area contributed by atoms with Crippen LogP contribution < -0.4 is 0 Å². The zero-order valence-corrected chi connectivity index (χ0v) is 23.1. The Balaban J connectivity index is 4.99. The van der Waals surface area contributed by atoms with Crippen molar-refractivity contribution in [3.63, 3.8) is 0 Å². The summed E-state index contributed by atoms with van der Waals surface area (Å²) in [5.74, 6) is 0. The molecule has 0 fully saturated rings. The van der Waals surface area contributed by atoms with Crippen LogP contribution in [-0.2, 0) is 0 Å². The fourth-order valence-corrected chi connectivity index (χ4v) is 20.0. The van der Waals surface area contributed by atoms with Gasteiger partial charge in [-0.05, 0) is 0 Å². The molecule has 1 nitrogen and oxygen atoms in total. The summed E-state index contributed by atoms with van der Waals surface area (Å²) in [6, 6.07) is 0. The zero-order valence-electron chi connectivity index (χ0n) is 20.2. The first-order valence-electron chi connectivity index (χ1n) is 12.0. The first-order valence-corrected chi connectivity index (χ1v) is 19.7. The van der Waals surface area contributed by atoms with Crippen molar-refractivity contribution in [1.82, 2.24) is 0 Å². The van der Waals surface area contributed by atoms with Crippen molar-refractivity contribution < 1.29 is 5.11 Å². The quantitative estimate of drug-likeness (QED) is 0.167. The molecule has 1 N–H and O–H groups in total. The van der Waals surface area contributed by atoms with Crippen molar-refractivity contribution in [2.24, 2.45) is 0 Å². The van der Waals surface area contributed by atoms with Crippen LogP contribution in [0.4, 0.5) is 0 Å². The SMILES string of the molecule is CCC[CH2][Sn](/[CH]=C(\C)CC/C=C(\C)CC(O)C=C(C)C)([CH2]CCC)[CH2]CCC. The van der Waals surface area contributed by atoms with Crippen LogP contribution in [0.1, 0.15) is 106 Å². The third-order valence-electron chi connectivity index (χ3n) is 5.73. The van der Waals surface area contributed by atoms with E-state index in [0.29, 0.717) is 0 Å². The second kappa shape index (κ2) is 16.7. The summed E-state index contributed by atoms with van der Waals surface area (Å²) in [4.78, 5) is 0. The first-order chi connectivity index (χ1) is 13.3. The van der Waals surface area contributed by atoms with Crippen LogP contribution >= 0.6 is 0 Å². The van der Waals surface area contributed by atoms with Gasteiger partial charge in [0.15, 0.2) is 0 Å². The van der Waals surface area contributed by atoms with Crippen LogP contribution in [0.15, 0.2) is 33.0 Å². The molecule has 0 aliphatic carbocycles. The Bertz CT molecular complexity index is 461. The van der Waals surface area contributed by atoms with Crippen LogP contribution in [0.5, 0.6) is 0 Å². The Morgan fingerprint density at radius 1 is 0.821 bits per heavy atom. The minimum atomic E-state index is -2.14. The van der Waals surface area contributed by atoms with Crippen molar-refractivity contribution in [3.05, 3.63) is 33.0 Å². The Morgan fingerprint density at radius 2 is 1.32 bits per heavy atom. The summed E-state index contributed by atoms with van der Waals surface area (Å²) in [5.41, 5.74) is 4.15. The fraction of sp³-hybridized carbons (Fsp3) is 0.769. The molecule has 0 radical (unpaired) electrons. The van der Waals surface area contributed by atoms with E-state index in [1.807, 2.05) is 19.9 Å². The van der Waals surface area contributed by atoms with Gasteiger partial charge in [0.2, 0.25) is 0 Å². The second-order valence-corrected chi connectivity index (χ2v) is 22.2. The molecule has 0 saturated heterocycles. The molecule has 2 heteroatoms. The Kier molecular flexibility index (Phi) is 16.7. The van der Waals surface area contributed by atoms with Gasteiger partial charge in [-0.3, -0.25) is 0 Å². The van der Waals surface area contributed by atoms with Crippen molar-refractivity contribution in [3.8, 4) is 0 Å². The Labute approximate surface area is 181 Å². The summed E-state index contributed by atoms with van der Waals surface area (Å²) in [6.45, 7) is 15.7. The Morgan fingerprint density at radius 3 is 1.75 bits per heavy atom. The minimum absolute atomic E-state index is 0.334. The van der Waals surface area contributed by atoms with Gasteiger partial charge < -0.3 is 0 Å². The predicted octanol–water partition coefficient (Wildman–Crippen LogP) is 8.76. The summed E-state index contributed by atoms with van der Waals surface area (Å²) >= 11 is -2.14. The van der Waals surface area contributed by atoms with Crippen LogP contribution in [0.2, 0.25) is 13.3 Å². The number of rotatable bonds is 16. The molecule has 0 aromatic carbocycles. The third kappa shape index (κ3) is 14.0. The molecule has 0 rings (SSSR count). The molecule has 1 unspecified atom stereocenters. The monoisotopic (exact) mass is 498 g/mol. The van der Waals surface area contributed by atoms with Gasteiger partial charge in [0.05, 0.1) is 0 Å². The van der Waals surface area contributed by atoms with E-state index in [0.717, 1.165) is 12.8 Å². The van der Waals surface area contributed by atoms with E-state index in [-0.39, 0.29) is 6.10 Å². The number of allylic oxidation sites excluding steroid dienone is 3. The molecule has 0 aromatic rings. The van der Waals surface area contributed by atoms with E-state index in [9.17, 15) is 5.11 Å². The van der Waals surface area contributed by atoms with Crippen molar-refractivity contribution in [2.45, 2.75) is 126 Å². The summed E-state index contributed by atoms with van der Waals surface area (Å²) < 4.78 is 7.56. The topological polar surface area (TPSA) is 20.2 Å². The van der Waals surface area contributed by atoms with Gasteiger partial charge >= 0.3 is 182 Å². The molecular weight excluding hydrogens is 447 g/mol. The van der Waals surface area contributed by atoms with Gasteiger partial charge in [0, 0.05) is 0 Å². The molecule has 0 aromatic heterocycles. The zero-order chi connectivity index (χ0) is 21.4. The van der Waals surface area contributed by atoms with Gasteiger partial charge in [-0.15, -0.1) is 0 Å². The van der Waals surface area contributed by atoms with Gasteiger partial charge in [-0.1, -0.05) is 0 Å². The van der Waals surface area contributed by atoms with E-state index in [2.05, 4.69) is 44.8 Å². The second-order valence-electron chi connectivity index (χ2n) is 9.27. The molecule has 164 valence electrons. The van der Waals surface area contributed by atoms with Crippen molar-refractivity contribution in [1.29, 1.82) is 0 Å². The molecule has 0 bridgehead atoms.